The van der Waals surface area contributed by atoms with Crippen LogP contribution in [0, 0.1) is 17.8 Å². The number of hydrogen-bond acceptors (Lipinski definition) is 6. The third-order valence-corrected chi connectivity index (χ3v) is 9.52. The SMILES string of the molecule is O=C1C=C(Br)C(=O)C2=C1[C@@H](c1ccc(O)c3ccccc13)C1=CC[C@@H]3C(=O)N(c4cccc(C(=O)O)c4)C(=O)[C@@H]3[C@@H]1C2. The fourth-order valence-electron chi connectivity index (χ4n) is 7.15. The first-order chi connectivity index (χ1) is 20.2. The van der Waals surface area contributed by atoms with E-state index in [1.54, 1.807) is 24.3 Å². The third-order valence-electron chi connectivity index (χ3n) is 8.93. The van der Waals surface area contributed by atoms with Crippen molar-refractivity contribution in [3.63, 3.8) is 0 Å². The second kappa shape index (κ2) is 9.46. The van der Waals surface area contributed by atoms with Gasteiger partial charge in [-0.25, -0.2) is 4.79 Å². The molecule has 0 spiro atoms. The van der Waals surface area contributed by atoms with Crippen molar-refractivity contribution in [1.82, 2.24) is 0 Å². The van der Waals surface area contributed by atoms with Crippen molar-refractivity contribution in [1.29, 1.82) is 0 Å². The molecular weight excluding hydrogens is 602 g/mol. The van der Waals surface area contributed by atoms with Gasteiger partial charge >= 0.3 is 5.97 Å². The van der Waals surface area contributed by atoms with Crippen LogP contribution < -0.4 is 4.90 Å². The van der Waals surface area contributed by atoms with Gasteiger partial charge in [0, 0.05) is 28.5 Å². The zero-order valence-electron chi connectivity index (χ0n) is 21.9. The summed E-state index contributed by atoms with van der Waals surface area (Å²) >= 11 is 3.24. The van der Waals surface area contributed by atoms with Crippen molar-refractivity contribution in [2.75, 3.05) is 4.90 Å². The number of benzene rings is 3. The number of phenolic OH excluding ortho intramolecular Hbond substituents is 1. The number of Topliss-reactive ketones (excluding diaryl/α,β-unsaturated/α-hetero) is 1. The molecule has 0 saturated carbocycles. The Bertz CT molecular complexity index is 1900. The van der Waals surface area contributed by atoms with E-state index in [2.05, 4.69) is 15.9 Å². The molecule has 0 bridgehead atoms. The van der Waals surface area contributed by atoms with Gasteiger partial charge in [0.2, 0.25) is 11.8 Å². The molecule has 3 aromatic carbocycles. The van der Waals surface area contributed by atoms with E-state index in [0.717, 1.165) is 16.0 Å². The predicted octanol–water partition coefficient (Wildman–Crippen LogP) is 5.21. The summed E-state index contributed by atoms with van der Waals surface area (Å²) in [4.78, 5) is 67.4. The number of halogens is 1. The quantitative estimate of drug-likeness (QED) is 0.233. The maximum Gasteiger partial charge on any atom is 0.335 e. The molecule has 4 aliphatic rings. The lowest BCUT2D eigenvalue weighted by Gasteiger charge is -2.42. The van der Waals surface area contributed by atoms with Gasteiger partial charge in [-0.3, -0.25) is 24.1 Å². The van der Waals surface area contributed by atoms with Crippen LogP contribution in [0.15, 0.2) is 94.0 Å². The van der Waals surface area contributed by atoms with Crippen LogP contribution in [0.2, 0.25) is 0 Å². The fourth-order valence-corrected chi connectivity index (χ4v) is 7.60. The van der Waals surface area contributed by atoms with Crippen LogP contribution in [0.1, 0.15) is 34.7 Å². The minimum Gasteiger partial charge on any atom is -0.507 e. The van der Waals surface area contributed by atoms with Crippen LogP contribution in [0.3, 0.4) is 0 Å². The van der Waals surface area contributed by atoms with E-state index < -0.39 is 41.5 Å². The summed E-state index contributed by atoms with van der Waals surface area (Å²) in [7, 11) is 0. The lowest BCUT2D eigenvalue weighted by Crippen LogP contribution is -2.39. The standard InChI is InChI=1S/C33H22BrNO7/c34-24-14-26(37)29-23(30(24)38)13-22-20(27(29)19-10-11-25(36)18-7-2-1-6-17(18)19)8-9-21-28(22)32(40)35(31(21)39)16-5-3-4-15(12-16)33(41)42/h1-8,10-12,14,21-22,27-28,36H,9,13H2,(H,41,42)/t21-,22+,27-,28-/m0/s1. The number of rotatable bonds is 3. The number of ketones is 2. The number of fused-ring (bicyclic) bond motifs is 4. The van der Waals surface area contributed by atoms with Crippen molar-refractivity contribution in [2.45, 2.75) is 18.8 Å². The maximum absolute atomic E-state index is 14.1. The van der Waals surface area contributed by atoms with E-state index in [1.807, 2.05) is 18.2 Å². The predicted molar refractivity (Wildman–Crippen MR) is 156 cm³/mol. The molecule has 208 valence electrons. The Morgan fingerprint density at radius 1 is 0.905 bits per heavy atom. The number of allylic oxidation sites excluding steroid dienone is 6. The van der Waals surface area contributed by atoms with Crippen LogP contribution in [0.5, 0.6) is 5.75 Å². The van der Waals surface area contributed by atoms with E-state index in [-0.39, 0.29) is 45.9 Å². The van der Waals surface area contributed by atoms with Crippen LogP contribution in [-0.2, 0) is 19.2 Å². The Hall–Kier alpha value is -4.63. The topological polar surface area (TPSA) is 129 Å². The highest BCUT2D eigenvalue weighted by atomic mass is 79.9. The van der Waals surface area contributed by atoms with E-state index in [0.29, 0.717) is 21.9 Å². The highest BCUT2D eigenvalue weighted by molar-refractivity contribution is 9.12. The van der Waals surface area contributed by atoms with Gasteiger partial charge in [-0.2, -0.15) is 0 Å². The maximum atomic E-state index is 14.1. The summed E-state index contributed by atoms with van der Waals surface area (Å²) < 4.78 is 0.140. The molecule has 2 amide bonds. The zero-order chi connectivity index (χ0) is 29.4. The highest BCUT2D eigenvalue weighted by Gasteiger charge is 2.56. The van der Waals surface area contributed by atoms with E-state index >= 15 is 0 Å². The van der Waals surface area contributed by atoms with Crippen LogP contribution in [0.25, 0.3) is 10.8 Å². The summed E-state index contributed by atoms with van der Waals surface area (Å²) in [5.41, 5.74) is 2.32. The smallest absolute Gasteiger partial charge is 0.335 e. The van der Waals surface area contributed by atoms with Gasteiger partial charge in [0.25, 0.3) is 0 Å². The first-order valence-corrected chi connectivity index (χ1v) is 14.3. The summed E-state index contributed by atoms with van der Waals surface area (Å²) in [6, 6.07) is 16.3. The monoisotopic (exact) mass is 623 g/mol. The molecule has 1 fully saturated rings. The zero-order valence-corrected chi connectivity index (χ0v) is 23.5. The van der Waals surface area contributed by atoms with Crippen molar-refractivity contribution < 1.29 is 34.2 Å². The van der Waals surface area contributed by atoms with Crippen molar-refractivity contribution >= 4 is 61.7 Å². The summed E-state index contributed by atoms with van der Waals surface area (Å²) in [6.45, 7) is 0. The van der Waals surface area contributed by atoms with Gasteiger partial charge in [0.1, 0.15) is 5.75 Å². The number of amides is 2. The number of carbonyl (C=O) groups excluding carboxylic acids is 4. The van der Waals surface area contributed by atoms with Crippen molar-refractivity contribution in [3.8, 4) is 5.75 Å². The Labute approximate surface area is 247 Å². The van der Waals surface area contributed by atoms with Crippen molar-refractivity contribution in [2.24, 2.45) is 17.8 Å². The molecule has 0 aromatic heterocycles. The van der Waals surface area contributed by atoms with Crippen molar-refractivity contribution in [3.05, 3.63) is 105 Å². The number of carboxylic acid groups (broad SMARTS) is 1. The summed E-state index contributed by atoms with van der Waals surface area (Å²) in [6.07, 6.45) is 3.58. The van der Waals surface area contributed by atoms with Gasteiger partial charge in [-0.05, 0) is 69.9 Å². The number of hydrogen-bond donors (Lipinski definition) is 2. The molecule has 1 aliphatic heterocycles. The van der Waals surface area contributed by atoms with Crippen LogP contribution in [-0.4, -0.2) is 39.6 Å². The number of anilines is 1. The first-order valence-electron chi connectivity index (χ1n) is 13.5. The molecule has 8 nitrogen and oxygen atoms in total. The number of imide groups is 1. The lowest BCUT2D eigenvalue weighted by molar-refractivity contribution is -0.123. The molecule has 42 heavy (non-hydrogen) atoms. The van der Waals surface area contributed by atoms with Gasteiger partial charge in [0.15, 0.2) is 11.6 Å². The number of phenols is 1. The molecule has 1 saturated heterocycles. The minimum atomic E-state index is -1.17. The Kier molecular flexibility index (Phi) is 5.92. The van der Waals surface area contributed by atoms with Gasteiger partial charge < -0.3 is 10.2 Å². The average molecular weight is 624 g/mol. The molecule has 4 atom stereocenters. The lowest BCUT2D eigenvalue weighted by atomic mass is 9.59. The second-order valence-electron chi connectivity index (χ2n) is 11.0. The molecule has 7 rings (SSSR count). The van der Waals surface area contributed by atoms with Gasteiger partial charge in [-0.15, -0.1) is 0 Å². The Morgan fingerprint density at radius 3 is 2.43 bits per heavy atom. The van der Waals surface area contributed by atoms with E-state index in [1.165, 1.54) is 30.3 Å². The Balaban J connectivity index is 1.40. The average Bonchev–Trinajstić information content (AvgIpc) is 3.25. The molecule has 3 aromatic rings. The van der Waals surface area contributed by atoms with E-state index in [4.69, 9.17) is 0 Å². The first kappa shape index (κ1) is 26.3. The number of nitrogens with zero attached hydrogens (tertiary/aromatic N) is 1. The number of carboxylic acids is 1. The molecule has 0 unspecified atom stereocenters. The second-order valence-corrected chi connectivity index (χ2v) is 11.8. The van der Waals surface area contributed by atoms with Crippen LogP contribution >= 0.6 is 15.9 Å². The fraction of sp³-hybridized carbons (Fsp3) is 0.182. The number of aromatic carboxylic acids is 1. The number of carbonyl (C=O) groups is 5. The minimum absolute atomic E-state index is 0.0449. The molecule has 3 aliphatic carbocycles. The molecule has 2 N–H and O–H groups in total. The molecule has 9 heteroatoms. The largest absolute Gasteiger partial charge is 0.507 e. The molecule has 0 radical (unpaired) electrons. The molecule has 1 heterocycles. The van der Waals surface area contributed by atoms with E-state index in [9.17, 15) is 34.2 Å². The van der Waals surface area contributed by atoms with Crippen LogP contribution in [0.4, 0.5) is 5.69 Å². The number of aromatic hydroxyl groups is 1. The third kappa shape index (κ3) is 3.69. The summed E-state index contributed by atoms with van der Waals surface area (Å²) in [5, 5.41) is 21.4. The normalized spacial score (nSPS) is 25.2. The Morgan fingerprint density at radius 2 is 1.67 bits per heavy atom. The van der Waals surface area contributed by atoms with Gasteiger partial charge in [-0.1, -0.05) is 48.0 Å². The molecular formula is C33H22BrNO7. The van der Waals surface area contributed by atoms with Gasteiger partial charge in [0.05, 0.1) is 27.6 Å². The highest BCUT2D eigenvalue weighted by Crippen LogP contribution is 2.56. The summed E-state index contributed by atoms with van der Waals surface area (Å²) in [5.74, 6) is -5.28.